The summed E-state index contributed by atoms with van der Waals surface area (Å²) >= 11 is 0. The van der Waals surface area contributed by atoms with Crippen molar-refractivity contribution in [2.45, 2.75) is 25.0 Å². The maximum absolute atomic E-state index is 5.73. The molecule has 0 radical (unpaired) electrons. The molecule has 0 unspecified atom stereocenters. The summed E-state index contributed by atoms with van der Waals surface area (Å²) < 4.78 is 8.08. The molecule has 4 heteroatoms. The third kappa shape index (κ3) is 2.05. The summed E-state index contributed by atoms with van der Waals surface area (Å²) in [7, 11) is 4.12. The molecule has 1 aliphatic heterocycles. The number of hydrogen-bond acceptors (Lipinski definition) is 3. The first-order valence-corrected chi connectivity index (χ1v) is 7.66. The molecular formula is C17H21N3O. The van der Waals surface area contributed by atoms with Crippen LogP contribution in [0, 0.1) is 5.92 Å². The normalized spacial score (nSPS) is 27.2. The van der Waals surface area contributed by atoms with Gasteiger partial charge in [0.25, 0.3) is 0 Å². The van der Waals surface area contributed by atoms with E-state index < -0.39 is 0 Å². The minimum atomic E-state index is 0.487. The third-order valence-electron chi connectivity index (χ3n) is 4.90. The molecule has 3 atom stereocenters. The molecule has 1 aliphatic carbocycles. The fourth-order valence-corrected chi connectivity index (χ4v) is 3.60. The first-order valence-electron chi connectivity index (χ1n) is 7.66. The number of hydrogen-bond donors (Lipinski definition) is 0. The molecule has 0 N–H and O–H groups in total. The zero-order valence-electron chi connectivity index (χ0n) is 12.6. The smallest absolute Gasteiger partial charge is 0.140 e. The average molecular weight is 283 g/mol. The van der Waals surface area contributed by atoms with Gasteiger partial charge in [0, 0.05) is 56.3 Å². The average Bonchev–Trinajstić information content (AvgIpc) is 3.07. The Morgan fingerprint density at radius 2 is 2.05 bits per heavy atom. The second-order valence-electron chi connectivity index (χ2n) is 6.26. The summed E-state index contributed by atoms with van der Waals surface area (Å²) in [5.74, 6) is 1.76. The highest BCUT2D eigenvalue weighted by Gasteiger charge is 2.46. The van der Waals surface area contributed by atoms with E-state index in [4.69, 9.17) is 4.74 Å². The molecule has 1 saturated heterocycles. The van der Waals surface area contributed by atoms with Crippen molar-refractivity contribution in [1.82, 2.24) is 9.55 Å². The lowest BCUT2D eigenvalue weighted by atomic mass is 9.76. The van der Waals surface area contributed by atoms with Gasteiger partial charge in [-0.1, -0.05) is 0 Å². The topological polar surface area (TPSA) is 30.3 Å². The Kier molecular flexibility index (Phi) is 3.00. The SMILES string of the molecule is CN(C)c1ccc(-c2nccn2[C@@H]2C[C@H]3OCC[C@@H]23)cc1. The molecule has 1 aromatic heterocycles. The van der Waals surface area contributed by atoms with Gasteiger partial charge in [-0.25, -0.2) is 4.98 Å². The number of aromatic nitrogens is 2. The molecule has 1 saturated carbocycles. The number of ether oxygens (including phenoxy) is 1. The number of imidazole rings is 1. The van der Waals surface area contributed by atoms with Gasteiger partial charge in [0.15, 0.2) is 0 Å². The van der Waals surface area contributed by atoms with Gasteiger partial charge in [0.2, 0.25) is 0 Å². The van der Waals surface area contributed by atoms with E-state index in [0.717, 1.165) is 18.9 Å². The van der Waals surface area contributed by atoms with Crippen LogP contribution in [0.5, 0.6) is 0 Å². The molecule has 4 nitrogen and oxygen atoms in total. The van der Waals surface area contributed by atoms with Gasteiger partial charge in [-0.05, 0) is 37.1 Å². The van der Waals surface area contributed by atoms with Gasteiger partial charge in [0.05, 0.1) is 6.10 Å². The van der Waals surface area contributed by atoms with E-state index in [-0.39, 0.29) is 0 Å². The highest BCUT2D eigenvalue weighted by molar-refractivity contribution is 5.60. The number of anilines is 1. The van der Waals surface area contributed by atoms with Crippen LogP contribution in [0.1, 0.15) is 18.9 Å². The van der Waals surface area contributed by atoms with E-state index in [1.165, 1.54) is 17.7 Å². The lowest BCUT2D eigenvalue weighted by Crippen LogP contribution is -2.39. The Hall–Kier alpha value is -1.81. The Morgan fingerprint density at radius 3 is 2.76 bits per heavy atom. The molecule has 0 bridgehead atoms. The molecule has 110 valence electrons. The predicted octanol–water partition coefficient (Wildman–Crippen LogP) is 2.97. The second-order valence-corrected chi connectivity index (χ2v) is 6.26. The van der Waals surface area contributed by atoms with E-state index in [2.05, 4.69) is 59.0 Å². The summed E-state index contributed by atoms with van der Waals surface area (Å²) in [6, 6.07) is 9.18. The first kappa shape index (κ1) is 12.9. The maximum atomic E-state index is 5.73. The molecule has 0 amide bonds. The molecule has 2 aromatic rings. The van der Waals surface area contributed by atoms with Crippen molar-refractivity contribution in [3.05, 3.63) is 36.7 Å². The lowest BCUT2D eigenvalue weighted by Gasteiger charge is -2.40. The Balaban J connectivity index is 1.63. The van der Waals surface area contributed by atoms with Crippen molar-refractivity contribution in [1.29, 1.82) is 0 Å². The van der Waals surface area contributed by atoms with E-state index in [1.807, 2.05) is 6.20 Å². The Morgan fingerprint density at radius 1 is 1.24 bits per heavy atom. The van der Waals surface area contributed by atoms with Crippen molar-refractivity contribution in [3.63, 3.8) is 0 Å². The van der Waals surface area contributed by atoms with Crippen molar-refractivity contribution in [2.24, 2.45) is 5.92 Å². The van der Waals surface area contributed by atoms with Gasteiger partial charge in [-0.2, -0.15) is 0 Å². The zero-order chi connectivity index (χ0) is 14.4. The van der Waals surface area contributed by atoms with Crippen LogP contribution >= 0.6 is 0 Å². The van der Waals surface area contributed by atoms with Gasteiger partial charge in [0.1, 0.15) is 5.82 Å². The molecule has 0 spiro atoms. The van der Waals surface area contributed by atoms with E-state index in [1.54, 1.807) is 0 Å². The maximum Gasteiger partial charge on any atom is 0.140 e. The Labute approximate surface area is 125 Å². The third-order valence-corrected chi connectivity index (χ3v) is 4.90. The van der Waals surface area contributed by atoms with E-state index in [9.17, 15) is 0 Å². The molecular weight excluding hydrogens is 262 g/mol. The van der Waals surface area contributed by atoms with Crippen LogP contribution < -0.4 is 4.90 Å². The Bertz CT molecular complexity index is 632. The number of fused-ring (bicyclic) bond motifs is 1. The summed E-state index contributed by atoms with van der Waals surface area (Å²) in [5, 5.41) is 0. The van der Waals surface area contributed by atoms with Crippen molar-refractivity contribution in [3.8, 4) is 11.4 Å². The quantitative estimate of drug-likeness (QED) is 0.867. The van der Waals surface area contributed by atoms with Gasteiger partial charge in [-0.15, -0.1) is 0 Å². The molecule has 2 fully saturated rings. The van der Waals surface area contributed by atoms with Crippen LogP contribution in [-0.2, 0) is 4.74 Å². The molecule has 4 rings (SSSR count). The van der Waals surface area contributed by atoms with Crippen LogP contribution in [-0.4, -0.2) is 36.4 Å². The largest absolute Gasteiger partial charge is 0.378 e. The van der Waals surface area contributed by atoms with Crippen LogP contribution in [0.3, 0.4) is 0 Å². The summed E-state index contributed by atoms with van der Waals surface area (Å²) in [6.45, 7) is 0.924. The minimum absolute atomic E-state index is 0.487. The number of benzene rings is 1. The van der Waals surface area contributed by atoms with Crippen molar-refractivity contribution >= 4 is 5.69 Å². The fourth-order valence-electron chi connectivity index (χ4n) is 3.60. The molecule has 21 heavy (non-hydrogen) atoms. The summed E-state index contributed by atoms with van der Waals surface area (Å²) in [6.07, 6.45) is 6.84. The standard InChI is InChI=1S/C17H21N3O/c1-19(2)13-5-3-12(4-6-13)17-18-8-9-20(17)15-11-16-14(15)7-10-21-16/h3-6,8-9,14-16H,7,10-11H2,1-2H3/t14-,15+,16+/m0/s1. The number of nitrogens with zero attached hydrogens (tertiary/aromatic N) is 3. The fraction of sp³-hybridized carbons (Fsp3) is 0.471. The van der Waals surface area contributed by atoms with Crippen molar-refractivity contribution < 1.29 is 4.74 Å². The van der Waals surface area contributed by atoms with Crippen LogP contribution in [0.2, 0.25) is 0 Å². The van der Waals surface area contributed by atoms with Gasteiger partial charge >= 0.3 is 0 Å². The van der Waals surface area contributed by atoms with Crippen LogP contribution in [0.4, 0.5) is 5.69 Å². The van der Waals surface area contributed by atoms with E-state index >= 15 is 0 Å². The van der Waals surface area contributed by atoms with Gasteiger partial charge in [-0.3, -0.25) is 0 Å². The van der Waals surface area contributed by atoms with Gasteiger partial charge < -0.3 is 14.2 Å². The zero-order valence-corrected chi connectivity index (χ0v) is 12.6. The molecule has 2 aliphatic rings. The minimum Gasteiger partial charge on any atom is -0.378 e. The lowest BCUT2D eigenvalue weighted by molar-refractivity contribution is -0.00518. The van der Waals surface area contributed by atoms with Crippen LogP contribution in [0.25, 0.3) is 11.4 Å². The summed E-state index contributed by atoms with van der Waals surface area (Å²) in [4.78, 5) is 6.70. The van der Waals surface area contributed by atoms with Crippen molar-refractivity contribution in [2.75, 3.05) is 25.6 Å². The first-order chi connectivity index (χ1) is 10.2. The summed E-state index contributed by atoms with van der Waals surface area (Å²) in [5.41, 5.74) is 2.40. The van der Waals surface area contributed by atoms with E-state index in [0.29, 0.717) is 18.1 Å². The highest BCUT2D eigenvalue weighted by Crippen LogP contribution is 2.47. The highest BCUT2D eigenvalue weighted by atomic mass is 16.5. The monoisotopic (exact) mass is 283 g/mol. The molecule has 1 aromatic carbocycles. The van der Waals surface area contributed by atoms with Crippen LogP contribution in [0.15, 0.2) is 36.7 Å². The molecule has 2 heterocycles. The second kappa shape index (κ2) is 4.88. The number of rotatable bonds is 3. The predicted molar refractivity (Wildman–Crippen MR) is 83.5 cm³/mol.